The molecule has 1 unspecified atom stereocenters. The van der Waals surface area contributed by atoms with Crippen LogP contribution in [0.5, 0.6) is 5.88 Å². The molecule has 0 N–H and O–H groups in total. The maximum Gasteiger partial charge on any atom is 0.259 e. The molecule has 2 saturated heterocycles. The number of rotatable bonds is 4. The van der Waals surface area contributed by atoms with Crippen LogP contribution in [0, 0.1) is 13.8 Å². The highest BCUT2D eigenvalue weighted by atomic mass is 16.5. The minimum Gasteiger partial charge on any atom is -0.472 e. The number of nitrogens with zero attached hydrogens (tertiary/aromatic N) is 3. The molecule has 0 aliphatic carbocycles. The average molecular weight is 408 g/mol. The first-order valence-corrected chi connectivity index (χ1v) is 10.8. The van der Waals surface area contributed by atoms with Gasteiger partial charge in [0.1, 0.15) is 11.7 Å². The number of carbonyl (C=O) groups excluding carboxylic acids is 2. The van der Waals surface area contributed by atoms with Crippen molar-refractivity contribution >= 4 is 11.8 Å². The third-order valence-corrected chi connectivity index (χ3v) is 5.97. The summed E-state index contributed by atoms with van der Waals surface area (Å²) in [5, 5.41) is 0. The molecule has 0 bridgehead atoms. The zero-order valence-corrected chi connectivity index (χ0v) is 17.8. The number of aromatic nitrogens is 1. The molecule has 4 rings (SSSR count). The Bertz CT molecular complexity index is 937. The van der Waals surface area contributed by atoms with Crippen LogP contribution in [0.3, 0.4) is 0 Å². The lowest BCUT2D eigenvalue weighted by Gasteiger charge is -2.27. The summed E-state index contributed by atoms with van der Waals surface area (Å²) in [6.07, 6.45) is 5.47. The van der Waals surface area contributed by atoms with Gasteiger partial charge in [-0.2, -0.15) is 0 Å². The van der Waals surface area contributed by atoms with E-state index in [2.05, 4.69) is 4.98 Å². The molecular formula is C24H29N3O3. The SMILES string of the molecule is Cc1ccc(C(=O)N2CCC(Oc3ncccc3C(=O)N3CCCCC3)C2)c(C)c1. The van der Waals surface area contributed by atoms with Crippen LogP contribution in [0.1, 0.15) is 57.5 Å². The molecule has 6 nitrogen and oxygen atoms in total. The Morgan fingerprint density at radius 3 is 2.50 bits per heavy atom. The normalized spacial score (nSPS) is 19.1. The molecule has 2 fully saturated rings. The highest BCUT2D eigenvalue weighted by molar-refractivity contribution is 5.97. The topological polar surface area (TPSA) is 62.7 Å². The third kappa shape index (κ3) is 4.32. The number of ether oxygens (including phenoxy) is 1. The molecule has 2 aromatic rings. The molecule has 2 amide bonds. The smallest absolute Gasteiger partial charge is 0.259 e. The fraction of sp³-hybridized carbons (Fsp3) is 0.458. The van der Waals surface area contributed by atoms with E-state index in [1.807, 2.05) is 41.8 Å². The Kier molecular flexibility index (Phi) is 6.02. The summed E-state index contributed by atoms with van der Waals surface area (Å²) >= 11 is 0. The summed E-state index contributed by atoms with van der Waals surface area (Å²) in [5.41, 5.74) is 3.38. The van der Waals surface area contributed by atoms with E-state index < -0.39 is 0 Å². The van der Waals surface area contributed by atoms with Crippen LogP contribution >= 0.6 is 0 Å². The maximum atomic E-state index is 13.0. The van der Waals surface area contributed by atoms with Crippen LogP contribution in [0.2, 0.25) is 0 Å². The number of carbonyl (C=O) groups is 2. The zero-order valence-electron chi connectivity index (χ0n) is 17.8. The molecule has 1 atom stereocenters. The summed E-state index contributed by atoms with van der Waals surface area (Å²) in [7, 11) is 0. The van der Waals surface area contributed by atoms with Gasteiger partial charge in [0.25, 0.3) is 11.8 Å². The molecule has 0 saturated carbocycles. The van der Waals surface area contributed by atoms with Gasteiger partial charge in [0.05, 0.1) is 6.54 Å². The summed E-state index contributed by atoms with van der Waals surface area (Å²) in [6, 6.07) is 9.46. The van der Waals surface area contributed by atoms with Crippen LogP contribution in [0.15, 0.2) is 36.5 Å². The van der Waals surface area contributed by atoms with Gasteiger partial charge in [0.15, 0.2) is 0 Å². The van der Waals surface area contributed by atoms with E-state index in [-0.39, 0.29) is 17.9 Å². The van der Waals surface area contributed by atoms with Crippen LogP contribution in [0.4, 0.5) is 0 Å². The van der Waals surface area contributed by atoms with Crippen molar-refractivity contribution in [3.05, 3.63) is 58.8 Å². The van der Waals surface area contributed by atoms with Gasteiger partial charge < -0.3 is 14.5 Å². The Morgan fingerprint density at radius 2 is 1.73 bits per heavy atom. The summed E-state index contributed by atoms with van der Waals surface area (Å²) < 4.78 is 6.13. The minimum atomic E-state index is -0.164. The van der Waals surface area contributed by atoms with E-state index in [4.69, 9.17) is 4.74 Å². The Hall–Kier alpha value is -2.89. The number of piperidine rings is 1. The lowest BCUT2D eigenvalue weighted by molar-refractivity contribution is 0.0708. The quantitative estimate of drug-likeness (QED) is 0.777. The number of hydrogen-bond donors (Lipinski definition) is 0. The third-order valence-electron chi connectivity index (χ3n) is 5.97. The highest BCUT2D eigenvalue weighted by Crippen LogP contribution is 2.24. The number of amides is 2. The molecule has 1 aromatic carbocycles. The fourth-order valence-corrected chi connectivity index (χ4v) is 4.31. The Labute approximate surface area is 177 Å². The van der Waals surface area contributed by atoms with E-state index in [1.165, 1.54) is 6.42 Å². The van der Waals surface area contributed by atoms with Crippen LogP contribution in [0.25, 0.3) is 0 Å². The van der Waals surface area contributed by atoms with Gasteiger partial charge >= 0.3 is 0 Å². The summed E-state index contributed by atoms with van der Waals surface area (Å²) in [4.78, 5) is 34.0. The first kappa shape index (κ1) is 20.4. The van der Waals surface area contributed by atoms with Gasteiger partial charge in [-0.3, -0.25) is 9.59 Å². The lowest BCUT2D eigenvalue weighted by Crippen LogP contribution is -2.36. The first-order chi connectivity index (χ1) is 14.5. The molecule has 2 aliphatic rings. The van der Waals surface area contributed by atoms with Gasteiger partial charge in [-0.15, -0.1) is 0 Å². The van der Waals surface area contributed by atoms with Gasteiger partial charge in [-0.25, -0.2) is 4.98 Å². The van der Waals surface area contributed by atoms with Crippen molar-refractivity contribution in [2.45, 2.75) is 45.6 Å². The number of aryl methyl sites for hydroxylation is 2. The molecule has 3 heterocycles. The van der Waals surface area contributed by atoms with Crippen molar-refractivity contribution in [1.82, 2.24) is 14.8 Å². The average Bonchev–Trinajstić information content (AvgIpc) is 3.22. The molecule has 0 spiro atoms. The Morgan fingerprint density at radius 1 is 0.967 bits per heavy atom. The van der Waals surface area contributed by atoms with E-state index in [1.54, 1.807) is 18.3 Å². The maximum absolute atomic E-state index is 13.0. The molecule has 0 radical (unpaired) electrons. The molecular weight excluding hydrogens is 378 g/mol. The van der Waals surface area contributed by atoms with Gasteiger partial charge in [0.2, 0.25) is 5.88 Å². The molecule has 2 aliphatic heterocycles. The van der Waals surface area contributed by atoms with E-state index >= 15 is 0 Å². The van der Waals surface area contributed by atoms with Crippen LogP contribution < -0.4 is 4.74 Å². The van der Waals surface area contributed by atoms with E-state index in [0.29, 0.717) is 24.5 Å². The summed E-state index contributed by atoms with van der Waals surface area (Å²) in [6.45, 7) is 6.70. The molecule has 1 aromatic heterocycles. The van der Waals surface area contributed by atoms with Gasteiger partial charge in [0, 0.05) is 37.8 Å². The van der Waals surface area contributed by atoms with Crippen molar-refractivity contribution in [3.8, 4) is 5.88 Å². The van der Waals surface area contributed by atoms with Gasteiger partial charge in [-0.1, -0.05) is 17.7 Å². The standard InChI is InChI=1S/C24H29N3O3/c1-17-8-9-20(18(2)15-17)23(28)27-14-10-19(16-27)30-22-21(7-6-11-25-22)24(29)26-12-4-3-5-13-26/h6-9,11,15,19H,3-5,10,12-14,16H2,1-2H3. The largest absolute Gasteiger partial charge is 0.472 e. The number of hydrogen-bond acceptors (Lipinski definition) is 4. The van der Waals surface area contributed by atoms with Crippen molar-refractivity contribution in [3.63, 3.8) is 0 Å². The summed E-state index contributed by atoms with van der Waals surface area (Å²) in [5.74, 6) is 0.391. The predicted molar refractivity (Wildman–Crippen MR) is 115 cm³/mol. The number of likely N-dealkylation sites (tertiary alicyclic amines) is 2. The lowest BCUT2D eigenvalue weighted by atomic mass is 10.0. The van der Waals surface area contributed by atoms with Crippen molar-refractivity contribution in [1.29, 1.82) is 0 Å². The second-order valence-corrected chi connectivity index (χ2v) is 8.31. The highest BCUT2D eigenvalue weighted by Gasteiger charge is 2.31. The first-order valence-electron chi connectivity index (χ1n) is 10.8. The van der Waals surface area contributed by atoms with Crippen molar-refractivity contribution in [2.75, 3.05) is 26.2 Å². The second kappa shape index (κ2) is 8.86. The monoisotopic (exact) mass is 407 g/mol. The van der Waals surface area contributed by atoms with Crippen molar-refractivity contribution < 1.29 is 14.3 Å². The number of benzene rings is 1. The van der Waals surface area contributed by atoms with Crippen molar-refractivity contribution in [2.24, 2.45) is 0 Å². The second-order valence-electron chi connectivity index (χ2n) is 8.31. The fourth-order valence-electron chi connectivity index (χ4n) is 4.31. The Balaban J connectivity index is 1.43. The van der Waals surface area contributed by atoms with E-state index in [0.717, 1.165) is 49.0 Å². The minimum absolute atomic E-state index is 0.0148. The van der Waals surface area contributed by atoms with Crippen LogP contribution in [-0.4, -0.2) is 58.9 Å². The predicted octanol–water partition coefficient (Wildman–Crippen LogP) is 3.62. The van der Waals surface area contributed by atoms with Gasteiger partial charge in [-0.05, 0) is 56.9 Å². The van der Waals surface area contributed by atoms with E-state index in [9.17, 15) is 9.59 Å². The number of pyridine rings is 1. The molecule has 6 heteroatoms. The molecule has 158 valence electrons. The zero-order chi connectivity index (χ0) is 21.1. The van der Waals surface area contributed by atoms with Crippen LogP contribution in [-0.2, 0) is 0 Å². The molecule has 30 heavy (non-hydrogen) atoms.